The van der Waals surface area contributed by atoms with Crippen molar-refractivity contribution in [2.75, 3.05) is 7.05 Å². The lowest BCUT2D eigenvalue weighted by Gasteiger charge is -2.14. The van der Waals surface area contributed by atoms with E-state index in [4.69, 9.17) is 5.41 Å². The molecule has 3 heteroatoms. The van der Waals surface area contributed by atoms with Crippen LogP contribution in [0.15, 0.2) is 0 Å². The highest BCUT2D eigenvalue weighted by Crippen LogP contribution is 2.03. The summed E-state index contributed by atoms with van der Waals surface area (Å²) < 4.78 is 0. The highest BCUT2D eigenvalue weighted by atomic mass is 16.1. The van der Waals surface area contributed by atoms with Gasteiger partial charge in [-0.15, -0.1) is 0 Å². The molecule has 0 aromatic rings. The minimum Gasteiger partial charge on any atom is -0.310 e. The fraction of sp³-hybridized carbons (Fsp3) is 0.778. The average Bonchev–Trinajstić information content (AvgIpc) is 1.98. The first-order valence-electron chi connectivity index (χ1n) is 4.24. The SMILES string of the molecule is CNC(CC(=N)C(C)C)C(C)=O. The van der Waals surface area contributed by atoms with Gasteiger partial charge in [0.2, 0.25) is 0 Å². The summed E-state index contributed by atoms with van der Waals surface area (Å²) in [6, 6.07) is -0.181. The molecule has 0 radical (unpaired) electrons. The van der Waals surface area contributed by atoms with Crippen LogP contribution in [0, 0.1) is 11.3 Å². The molecule has 0 spiro atoms. The molecule has 0 aliphatic rings. The molecule has 0 aromatic carbocycles. The van der Waals surface area contributed by atoms with Crippen molar-refractivity contribution in [3.63, 3.8) is 0 Å². The van der Waals surface area contributed by atoms with Crippen LogP contribution in [0.3, 0.4) is 0 Å². The minimum atomic E-state index is -0.181. The summed E-state index contributed by atoms with van der Waals surface area (Å²) in [6.07, 6.45) is 0.531. The molecule has 70 valence electrons. The van der Waals surface area contributed by atoms with Crippen molar-refractivity contribution in [2.45, 2.75) is 33.2 Å². The molecule has 0 heterocycles. The third-order valence-electron chi connectivity index (χ3n) is 1.96. The Morgan fingerprint density at radius 3 is 2.25 bits per heavy atom. The monoisotopic (exact) mass is 170 g/mol. The van der Waals surface area contributed by atoms with Gasteiger partial charge in [0.25, 0.3) is 0 Å². The molecule has 0 aromatic heterocycles. The van der Waals surface area contributed by atoms with Gasteiger partial charge in [0.15, 0.2) is 0 Å². The number of Topliss-reactive ketones (excluding diaryl/α,β-unsaturated/α-hetero) is 1. The van der Waals surface area contributed by atoms with Crippen LogP contribution in [0.1, 0.15) is 27.2 Å². The molecular formula is C9H18N2O. The van der Waals surface area contributed by atoms with Crippen molar-refractivity contribution < 1.29 is 4.79 Å². The molecule has 0 rings (SSSR count). The Balaban J connectivity index is 4.03. The minimum absolute atomic E-state index is 0.0999. The van der Waals surface area contributed by atoms with Crippen LogP contribution in [-0.4, -0.2) is 24.6 Å². The van der Waals surface area contributed by atoms with E-state index in [0.717, 1.165) is 0 Å². The van der Waals surface area contributed by atoms with Gasteiger partial charge in [-0.1, -0.05) is 13.8 Å². The van der Waals surface area contributed by atoms with Gasteiger partial charge < -0.3 is 10.7 Å². The second-order valence-electron chi connectivity index (χ2n) is 3.34. The van der Waals surface area contributed by atoms with Gasteiger partial charge in [0.05, 0.1) is 6.04 Å². The normalized spacial score (nSPS) is 13.1. The van der Waals surface area contributed by atoms with Crippen LogP contribution in [0.4, 0.5) is 0 Å². The molecule has 0 aliphatic carbocycles. The fourth-order valence-electron chi connectivity index (χ4n) is 0.905. The number of nitrogens with one attached hydrogen (secondary N) is 2. The first-order valence-corrected chi connectivity index (χ1v) is 4.24. The second-order valence-corrected chi connectivity index (χ2v) is 3.34. The summed E-state index contributed by atoms with van der Waals surface area (Å²) in [5, 5.41) is 10.5. The highest BCUT2D eigenvalue weighted by molar-refractivity contribution is 5.91. The first kappa shape index (κ1) is 11.3. The van der Waals surface area contributed by atoms with Gasteiger partial charge in [0, 0.05) is 12.1 Å². The van der Waals surface area contributed by atoms with Gasteiger partial charge >= 0.3 is 0 Å². The molecule has 12 heavy (non-hydrogen) atoms. The van der Waals surface area contributed by atoms with Crippen molar-refractivity contribution in [3.8, 4) is 0 Å². The average molecular weight is 170 g/mol. The van der Waals surface area contributed by atoms with Crippen LogP contribution < -0.4 is 5.32 Å². The predicted octanol–water partition coefficient (Wildman–Crippen LogP) is 1.23. The zero-order valence-electron chi connectivity index (χ0n) is 8.27. The van der Waals surface area contributed by atoms with E-state index in [1.165, 1.54) is 0 Å². The van der Waals surface area contributed by atoms with Gasteiger partial charge in [-0.05, 0) is 19.9 Å². The number of likely N-dealkylation sites (N-methyl/N-ethyl adjacent to an activating group) is 1. The standard InChI is InChI=1S/C9H18N2O/c1-6(2)8(10)5-9(11-4)7(3)12/h6,9-11H,5H2,1-4H3. The lowest BCUT2D eigenvalue weighted by atomic mass is 9.99. The van der Waals surface area contributed by atoms with E-state index in [-0.39, 0.29) is 17.7 Å². The topological polar surface area (TPSA) is 53.0 Å². The molecule has 0 saturated heterocycles. The third-order valence-corrected chi connectivity index (χ3v) is 1.96. The lowest BCUT2D eigenvalue weighted by Crippen LogP contribution is -2.35. The summed E-state index contributed by atoms with van der Waals surface area (Å²) >= 11 is 0. The zero-order valence-corrected chi connectivity index (χ0v) is 8.27. The Labute approximate surface area is 74.1 Å². The van der Waals surface area contributed by atoms with E-state index >= 15 is 0 Å². The van der Waals surface area contributed by atoms with Crippen LogP contribution in [0.2, 0.25) is 0 Å². The Hall–Kier alpha value is -0.700. The van der Waals surface area contributed by atoms with Crippen LogP contribution in [0.5, 0.6) is 0 Å². The van der Waals surface area contributed by atoms with Crippen molar-refractivity contribution in [1.29, 1.82) is 5.41 Å². The zero-order chi connectivity index (χ0) is 9.72. The summed E-state index contributed by atoms with van der Waals surface area (Å²) in [4.78, 5) is 11.0. The van der Waals surface area contributed by atoms with E-state index in [1.807, 2.05) is 13.8 Å². The molecule has 0 aliphatic heterocycles. The number of carbonyl (C=O) groups is 1. The predicted molar refractivity (Wildman–Crippen MR) is 50.7 cm³/mol. The number of carbonyl (C=O) groups excluding carboxylic acids is 1. The molecule has 1 unspecified atom stereocenters. The first-order chi connectivity index (χ1) is 5.49. The smallest absolute Gasteiger partial charge is 0.147 e. The van der Waals surface area contributed by atoms with Crippen molar-refractivity contribution in [3.05, 3.63) is 0 Å². The molecule has 0 bridgehead atoms. The summed E-state index contributed by atoms with van der Waals surface area (Å²) in [5.74, 6) is 0.336. The maximum atomic E-state index is 11.0. The second kappa shape index (κ2) is 5.04. The fourth-order valence-corrected chi connectivity index (χ4v) is 0.905. The van der Waals surface area contributed by atoms with E-state index in [9.17, 15) is 4.79 Å². The number of hydrogen-bond donors (Lipinski definition) is 2. The van der Waals surface area contributed by atoms with Gasteiger partial charge in [-0.2, -0.15) is 0 Å². The maximum Gasteiger partial charge on any atom is 0.147 e. The summed E-state index contributed by atoms with van der Waals surface area (Å²) in [5.41, 5.74) is 0.629. The Kier molecular flexibility index (Phi) is 4.74. The lowest BCUT2D eigenvalue weighted by molar-refractivity contribution is -0.118. The summed E-state index contributed by atoms with van der Waals surface area (Å²) in [7, 11) is 1.75. The van der Waals surface area contributed by atoms with E-state index in [0.29, 0.717) is 12.1 Å². The number of rotatable bonds is 5. The van der Waals surface area contributed by atoms with Crippen LogP contribution >= 0.6 is 0 Å². The van der Waals surface area contributed by atoms with Crippen molar-refractivity contribution in [1.82, 2.24) is 5.32 Å². The van der Waals surface area contributed by atoms with Gasteiger partial charge in [-0.3, -0.25) is 4.79 Å². The molecule has 2 N–H and O–H groups in total. The highest BCUT2D eigenvalue weighted by Gasteiger charge is 2.15. The summed E-state index contributed by atoms with van der Waals surface area (Å²) in [6.45, 7) is 5.49. The Bertz CT molecular complexity index is 175. The number of ketones is 1. The molecule has 3 nitrogen and oxygen atoms in total. The van der Waals surface area contributed by atoms with Crippen molar-refractivity contribution >= 4 is 11.5 Å². The third kappa shape index (κ3) is 3.62. The number of hydrogen-bond acceptors (Lipinski definition) is 3. The molecular weight excluding hydrogens is 152 g/mol. The van der Waals surface area contributed by atoms with Crippen LogP contribution in [-0.2, 0) is 4.79 Å². The largest absolute Gasteiger partial charge is 0.310 e. The van der Waals surface area contributed by atoms with Gasteiger partial charge in [-0.25, -0.2) is 0 Å². The van der Waals surface area contributed by atoms with E-state index in [1.54, 1.807) is 14.0 Å². The van der Waals surface area contributed by atoms with Crippen molar-refractivity contribution in [2.24, 2.45) is 5.92 Å². The van der Waals surface area contributed by atoms with Gasteiger partial charge in [0.1, 0.15) is 5.78 Å². The molecule has 0 saturated carbocycles. The molecule has 0 fully saturated rings. The van der Waals surface area contributed by atoms with E-state index < -0.39 is 0 Å². The Morgan fingerprint density at radius 2 is 2.00 bits per heavy atom. The van der Waals surface area contributed by atoms with Crippen LogP contribution in [0.25, 0.3) is 0 Å². The Morgan fingerprint density at radius 1 is 1.50 bits per heavy atom. The molecule has 1 atom stereocenters. The molecule has 0 amide bonds. The maximum absolute atomic E-state index is 11.0. The quantitative estimate of drug-likeness (QED) is 0.610. The van der Waals surface area contributed by atoms with E-state index in [2.05, 4.69) is 5.32 Å².